The van der Waals surface area contributed by atoms with Crippen molar-refractivity contribution >= 4 is 0 Å². The molecule has 0 amide bonds. The van der Waals surface area contributed by atoms with E-state index in [-0.39, 0.29) is 0 Å². The molecule has 0 unspecified atom stereocenters. The van der Waals surface area contributed by atoms with Crippen molar-refractivity contribution in [3.8, 4) is 0 Å². The van der Waals surface area contributed by atoms with Crippen molar-refractivity contribution in [3.63, 3.8) is 0 Å². The van der Waals surface area contributed by atoms with Crippen LogP contribution in [0.1, 0.15) is 6.92 Å². The second kappa shape index (κ2) is 7.11. The van der Waals surface area contributed by atoms with Crippen LogP contribution in [-0.4, -0.2) is 0 Å². The first kappa shape index (κ1) is 11.4. The average molecular weight is 172 g/mol. The van der Waals surface area contributed by atoms with Gasteiger partial charge in [-0.1, -0.05) is 62.3 Å². The summed E-state index contributed by atoms with van der Waals surface area (Å²) in [5.74, 6) is 0. The highest BCUT2D eigenvalue weighted by molar-refractivity contribution is 5.47. The van der Waals surface area contributed by atoms with Gasteiger partial charge in [0, 0.05) is 0 Å². The molecule has 0 saturated carbocycles. The van der Waals surface area contributed by atoms with Crippen molar-refractivity contribution in [1.82, 2.24) is 0 Å². The molecule has 0 spiro atoms. The van der Waals surface area contributed by atoms with Crippen LogP contribution in [0.15, 0.2) is 73.4 Å². The van der Waals surface area contributed by atoms with Gasteiger partial charge in [0.1, 0.15) is 0 Å². The number of hydrogen-bond donors (Lipinski definition) is 0. The maximum absolute atomic E-state index is 3.74. The molecule has 0 aliphatic rings. The normalized spacial score (nSPS) is 13.0. The Kier molecular flexibility index (Phi) is 6.26. The van der Waals surface area contributed by atoms with Gasteiger partial charge in [-0.2, -0.15) is 0 Å². The molecule has 0 aromatic carbocycles. The van der Waals surface area contributed by atoms with Gasteiger partial charge in [0.05, 0.1) is 0 Å². The van der Waals surface area contributed by atoms with Crippen molar-refractivity contribution in [3.05, 3.63) is 73.4 Å². The molecule has 0 atom stereocenters. The second-order valence-electron chi connectivity index (χ2n) is 2.40. The summed E-state index contributed by atoms with van der Waals surface area (Å²) in [5, 5.41) is 0. The molecule has 13 heavy (non-hydrogen) atoms. The van der Waals surface area contributed by atoms with Gasteiger partial charge in [-0.05, 0) is 18.1 Å². The molecule has 0 bridgehead atoms. The van der Waals surface area contributed by atoms with Crippen LogP contribution in [0.25, 0.3) is 0 Å². The Labute approximate surface area is 81.0 Å². The molecule has 0 heteroatoms. The molecule has 0 fully saturated rings. The van der Waals surface area contributed by atoms with Crippen molar-refractivity contribution in [2.24, 2.45) is 0 Å². The second-order valence-corrected chi connectivity index (χ2v) is 2.40. The number of hydrogen-bond acceptors (Lipinski definition) is 0. The molecule has 68 valence electrons. The van der Waals surface area contributed by atoms with Crippen LogP contribution >= 0.6 is 0 Å². The average Bonchev–Trinajstić information content (AvgIpc) is 2.16. The van der Waals surface area contributed by atoms with Crippen LogP contribution < -0.4 is 0 Å². The lowest BCUT2D eigenvalue weighted by Gasteiger charge is -2.00. The van der Waals surface area contributed by atoms with E-state index in [0.29, 0.717) is 0 Å². The number of allylic oxidation sites excluding steroid dienone is 9. The zero-order valence-corrected chi connectivity index (χ0v) is 8.16. The quantitative estimate of drug-likeness (QED) is 0.550. The lowest BCUT2D eigenvalue weighted by atomic mass is 10.1. The van der Waals surface area contributed by atoms with Crippen LogP contribution in [0.2, 0.25) is 0 Å². The fraction of sp³-hybridized carbons (Fsp3) is 0.0769. The van der Waals surface area contributed by atoms with Gasteiger partial charge in [-0.3, -0.25) is 0 Å². The van der Waals surface area contributed by atoms with Crippen molar-refractivity contribution < 1.29 is 0 Å². The minimum absolute atomic E-state index is 1.09. The Morgan fingerprint density at radius 1 is 1.00 bits per heavy atom. The Morgan fingerprint density at radius 3 is 2.08 bits per heavy atom. The minimum Gasteiger partial charge on any atom is -0.0991 e. The van der Waals surface area contributed by atoms with E-state index in [2.05, 4.69) is 19.7 Å². The largest absolute Gasteiger partial charge is 0.0991 e. The van der Waals surface area contributed by atoms with Crippen LogP contribution in [0.3, 0.4) is 0 Å². The van der Waals surface area contributed by atoms with E-state index in [0.717, 1.165) is 11.1 Å². The fourth-order valence-electron chi connectivity index (χ4n) is 0.949. The highest BCUT2D eigenvalue weighted by Gasteiger charge is 1.93. The third-order valence-corrected chi connectivity index (χ3v) is 1.57. The first-order chi connectivity index (χ1) is 6.29. The summed E-state index contributed by atoms with van der Waals surface area (Å²) in [5.41, 5.74) is 2.19. The van der Waals surface area contributed by atoms with Gasteiger partial charge in [0.15, 0.2) is 0 Å². The molecule has 0 aromatic rings. The molecule has 0 rings (SSSR count). The topological polar surface area (TPSA) is 0 Å². The molecule has 0 N–H and O–H groups in total. The molecule has 0 aliphatic heterocycles. The molecular weight excluding hydrogens is 156 g/mol. The molecule has 0 saturated heterocycles. The Hall–Kier alpha value is -1.56. The molecule has 0 radical (unpaired) electrons. The highest BCUT2D eigenvalue weighted by Crippen LogP contribution is 2.12. The van der Waals surface area contributed by atoms with Crippen molar-refractivity contribution in [2.45, 2.75) is 6.92 Å². The summed E-state index contributed by atoms with van der Waals surface area (Å²) in [7, 11) is 0. The zero-order chi connectivity index (χ0) is 10.1. The van der Waals surface area contributed by atoms with Crippen LogP contribution in [0, 0.1) is 0 Å². The van der Waals surface area contributed by atoms with Gasteiger partial charge in [0.2, 0.25) is 0 Å². The fourth-order valence-corrected chi connectivity index (χ4v) is 0.949. The number of rotatable bonds is 5. The third-order valence-electron chi connectivity index (χ3n) is 1.57. The first-order valence-corrected chi connectivity index (χ1v) is 4.21. The monoisotopic (exact) mass is 172 g/mol. The Balaban J connectivity index is 4.90. The minimum atomic E-state index is 1.09. The van der Waals surface area contributed by atoms with Crippen LogP contribution in [0.5, 0.6) is 0 Å². The lowest BCUT2D eigenvalue weighted by molar-refractivity contribution is 1.51. The Morgan fingerprint density at radius 2 is 1.69 bits per heavy atom. The first-order valence-electron chi connectivity index (χ1n) is 4.21. The van der Waals surface area contributed by atoms with Crippen LogP contribution in [0.4, 0.5) is 0 Å². The smallest absolute Gasteiger partial charge is 0.0188 e. The zero-order valence-electron chi connectivity index (χ0n) is 8.16. The maximum atomic E-state index is 3.74. The Bertz CT molecular complexity index is 272. The molecule has 0 nitrogen and oxygen atoms in total. The summed E-state index contributed by atoms with van der Waals surface area (Å²) in [6, 6.07) is 0. The van der Waals surface area contributed by atoms with Gasteiger partial charge >= 0.3 is 0 Å². The summed E-state index contributed by atoms with van der Waals surface area (Å²) >= 11 is 0. The van der Waals surface area contributed by atoms with Gasteiger partial charge in [-0.15, -0.1) is 0 Å². The van der Waals surface area contributed by atoms with E-state index in [9.17, 15) is 0 Å². The third kappa shape index (κ3) is 4.12. The standard InChI is InChI=1S/C13H16/c1-5-9-11-13(10-6-2)12(7-3)8-4/h5-11H,1-3H2,4H3. The van der Waals surface area contributed by atoms with E-state index in [1.54, 1.807) is 12.2 Å². The van der Waals surface area contributed by atoms with Gasteiger partial charge in [0.25, 0.3) is 0 Å². The predicted octanol–water partition coefficient (Wildman–Crippen LogP) is 3.97. The summed E-state index contributed by atoms with van der Waals surface area (Å²) < 4.78 is 0. The predicted molar refractivity (Wildman–Crippen MR) is 61.6 cm³/mol. The van der Waals surface area contributed by atoms with Crippen molar-refractivity contribution in [1.29, 1.82) is 0 Å². The summed E-state index contributed by atoms with van der Waals surface area (Å²) in [6.45, 7) is 13.0. The molecule has 0 aliphatic carbocycles. The van der Waals surface area contributed by atoms with E-state index >= 15 is 0 Å². The molecule has 0 aromatic heterocycles. The van der Waals surface area contributed by atoms with E-state index < -0.39 is 0 Å². The van der Waals surface area contributed by atoms with Crippen LogP contribution in [-0.2, 0) is 0 Å². The van der Waals surface area contributed by atoms with Gasteiger partial charge < -0.3 is 0 Å². The molecule has 0 heterocycles. The molecular formula is C13H16. The van der Waals surface area contributed by atoms with E-state index in [1.807, 2.05) is 37.3 Å². The highest BCUT2D eigenvalue weighted by atomic mass is 14.0. The summed E-state index contributed by atoms with van der Waals surface area (Å²) in [6.07, 6.45) is 13.1. The van der Waals surface area contributed by atoms with E-state index in [4.69, 9.17) is 0 Å². The lowest BCUT2D eigenvalue weighted by Crippen LogP contribution is -1.80. The SMILES string of the molecule is C=CC=CC(=CC=C)C(C=C)=CC. The maximum Gasteiger partial charge on any atom is -0.0188 e. The van der Waals surface area contributed by atoms with E-state index in [1.165, 1.54) is 0 Å². The summed E-state index contributed by atoms with van der Waals surface area (Å²) in [4.78, 5) is 0. The van der Waals surface area contributed by atoms with Gasteiger partial charge in [-0.25, -0.2) is 0 Å². The van der Waals surface area contributed by atoms with Crippen molar-refractivity contribution in [2.75, 3.05) is 0 Å².